The van der Waals surface area contributed by atoms with Gasteiger partial charge in [0.15, 0.2) is 0 Å². The first-order chi connectivity index (χ1) is 11.8. The molecular formula is C16H24N7S+. The summed E-state index contributed by atoms with van der Waals surface area (Å²) in [6.07, 6.45) is 4.66. The van der Waals surface area contributed by atoms with Crippen LogP contribution in [0, 0.1) is 0 Å². The number of thiophene rings is 1. The van der Waals surface area contributed by atoms with Crippen LogP contribution in [0.2, 0.25) is 0 Å². The molecule has 4 rings (SSSR count). The number of tetrazole rings is 1. The van der Waals surface area contributed by atoms with E-state index in [-0.39, 0.29) is 0 Å². The van der Waals surface area contributed by atoms with E-state index in [1.165, 1.54) is 41.8 Å². The van der Waals surface area contributed by atoms with E-state index in [0.29, 0.717) is 5.78 Å². The van der Waals surface area contributed by atoms with Crippen molar-refractivity contribution in [2.24, 2.45) is 0 Å². The molecule has 0 aliphatic carbocycles. The van der Waals surface area contributed by atoms with Crippen molar-refractivity contribution in [2.75, 3.05) is 25.0 Å². The summed E-state index contributed by atoms with van der Waals surface area (Å²) in [5.74, 6) is 1.54. The number of aromatic nitrogens is 5. The number of fused-ring (bicyclic) bond motifs is 5. The molecule has 24 heavy (non-hydrogen) atoms. The van der Waals surface area contributed by atoms with E-state index in [9.17, 15) is 0 Å². The summed E-state index contributed by atoms with van der Waals surface area (Å²) in [5.41, 5.74) is 1.46. The SMILES string of the molecule is CCCCNc1nc2nnnn2c2sc3c(c12)CC[NH+](CCC)C3. The van der Waals surface area contributed by atoms with Crippen LogP contribution in [0.1, 0.15) is 43.6 Å². The summed E-state index contributed by atoms with van der Waals surface area (Å²) in [6, 6.07) is 0. The molecule has 1 aliphatic heterocycles. The van der Waals surface area contributed by atoms with E-state index in [2.05, 4.69) is 39.7 Å². The molecule has 3 aromatic heterocycles. The molecule has 0 saturated carbocycles. The first-order valence-electron chi connectivity index (χ1n) is 8.91. The Labute approximate surface area is 145 Å². The van der Waals surface area contributed by atoms with Gasteiger partial charge in [-0.15, -0.1) is 11.3 Å². The van der Waals surface area contributed by atoms with Crippen molar-refractivity contribution in [3.05, 3.63) is 10.4 Å². The summed E-state index contributed by atoms with van der Waals surface area (Å²) in [7, 11) is 0. The maximum atomic E-state index is 4.69. The molecule has 0 fully saturated rings. The smallest absolute Gasteiger partial charge is 0.276 e. The zero-order chi connectivity index (χ0) is 16.5. The second-order valence-corrected chi connectivity index (χ2v) is 7.58. The summed E-state index contributed by atoms with van der Waals surface area (Å²) >= 11 is 1.84. The third kappa shape index (κ3) is 2.63. The number of nitrogens with one attached hydrogen (secondary N) is 2. The zero-order valence-electron chi connectivity index (χ0n) is 14.3. The standard InChI is InChI=1S/C16H23N7S/c1-3-5-7-17-14-13-11-6-9-22(8-4-2)10-12(11)24-15(13)23-16(18-14)19-20-21-23/h3-10H2,1-2H3,(H,17,18,19,21)/p+1. The third-order valence-electron chi connectivity index (χ3n) is 4.73. The van der Waals surface area contributed by atoms with Crippen molar-refractivity contribution in [2.45, 2.75) is 46.1 Å². The highest BCUT2D eigenvalue weighted by Gasteiger charge is 2.27. The van der Waals surface area contributed by atoms with E-state index in [1.54, 1.807) is 9.42 Å². The Bertz CT molecular complexity index is 853. The van der Waals surface area contributed by atoms with Gasteiger partial charge in [-0.3, -0.25) is 0 Å². The van der Waals surface area contributed by atoms with Crippen LogP contribution < -0.4 is 10.2 Å². The maximum Gasteiger partial charge on any atom is 0.276 e. The van der Waals surface area contributed by atoms with Gasteiger partial charge in [-0.25, -0.2) is 0 Å². The summed E-state index contributed by atoms with van der Waals surface area (Å²) in [6.45, 7) is 8.96. The lowest BCUT2D eigenvalue weighted by molar-refractivity contribution is -0.915. The van der Waals surface area contributed by atoms with E-state index >= 15 is 0 Å². The lowest BCUT2D eigenvalue weighted by Crippen LogP contribution is -3.11. The first kappa shape index (κ1) is 15.7. The second kappa shape index (κ2) is 6.60. The minimum absolute atomic E-state index is 0.581. The van der Waals surface area contributed by atoms with Gasteiger partial charge in [0.1, 0.15) is 17.2 Å². The van der Waals surface area contributed by atoms with E-state index < -0.39 is 0 Å². The van der Waals surface area contributed by atoms with Gasteiger partial charge in [0.25, 0.3) is 5.78 Å². The lowest BCUT2D eigenvalue weighted by atomic mass is 10.0. The van der Waals surface area contributed by atoms with Crippen LogP contribution >= 0.6 is 11.3 Å². The molecule has 0 amide bonds. The molecule has 0 radical (unpaired) electrons. The minimum atomic E-state index is 0.581. The summed E-state index contributed by atoms with van der Waals surface area (Å²) < 4.78 is 1.79. The van der Waals surface area contributed by atoms with Crippen LogP contribution in [-0.2, 0) is 13.0 Å². The number of nitrogens with zero attached hydrogens (tertiary/aromatic N) is 5. The Morgan fingerprint density at radius 2 is 2.21 bits per heavy atom. The van der Waals surface area contributed by atoms with Crippen LogP contribution in [0.15, 0.2) is 0 Å². The zero-order valence-corrected chi connectivity index (χ0v) is 15.1. The predicted octanol–water partition coefficient (Wildman–Crippen LogP) is 1.30. The highest BCUT2D eigenvalue weighted by Crippen LogP contribution is 2.36. The van der Waals surface area contributed by atoms with Gasteiger partial charge in [-0.2, -0.15) is 9.50 Å². The van der Waals surface area contributed by atoms with E-state index in [1.807, 2.05) is 11.3 Å². The fourth-order valence-electron chi connectivity index (χ4n) is 3.53. The van der Waals surface area contributed by atoms with E-state index in [4.69, 9.17) is 0 Å². The third-order valence-corrected chi connectivity index (χ3v) is 5.94. The molecule has 4 heterocycles. The van der Waals surface area contributed by atoms with Crippen LogP contribution in [0.5, 0.6) is 0 Å². The predicted molar refractivity (Wildman–Crippen MR) is 95.8 cm³/mol. The molecule has 2 N–H and O–H groups in total. The van der Waals surface area contributed by atoms with Crippen LogP contribution in [0.25, 0.3) is 16.0 Å². The molecule has 0 spiro atoms. The number of hydrogen-bond donors (Lipinski definition) is 2. The molecule has 1 aliphatic rings. The van der Waals surface area contributed by atoms with Crippen molar-refractivity contribution >= 4 is 33.1 Å². The fraction of sp³-hybridized carbons (Fsp3) is 0.625. The van der Waals surface area contributed by atoms with Gasteiger partial charge in [-0.05, 0) is 28.8 Å². The van der Waals surface area contributed by atoms with Crippen molar-refractivity contribution in [1.82, 2.24) is 25.0 Å². The molecule has 3 aromatic rings. The Morgan fingerprint density at radius 3 is 3.04 bits per heavy atom. The molecule has 0 saturated heterocycles. The van der Waals surface area contributed by atoms with Crippen molar-refractivity contribution in [3.63, 3.8) is 0 Å². The van der Waals surface area contributed by atoms with Gasteiger partial charge in [0.2, 0.25) is 0 Å². The van der Waals surface area contributed by atoms with Crippen molar-refractivity contribution in [1.29, 1.82) is 0 Å². The van der Waals surface area contributed by atoms with Gasteiger partial charge in [-0.1, -0.05) is 25.4 Å². The monoisotopic (exact) mass is 346 g/mol. The van der Waals surface area contributed by atoms with Gasteiger partial charge >= 0.3 is 0 Å². The van der Waals surface area contributed by atoms with Gasteiger partial charge in [0.05, 0.1) is 23.4 Å². The summed E-state index contributed by atoms with van der Waals surface area (Å²) in [5, 5.41) is 16.8. The Balaban J connectivity index is 1.82. The normalized spacial score (nSPS) is 17.5. The Morgan fingerprint density at radius 1 is 1.29 bits per heavy atom. The Kier molecular flexibility index (Phi) is 4.32. The lowest BCUT2D eigenvalue weighted by Gasteiger charge is -2.23. The van der Waals surface area contributed by atoms with Gasteiger partial charge < -0.3 is 10.2 Å². The molecule has 128 valence electrons. The largest absolute Gasteiger partial charge is 0.369 e. The average molecular weight is 346 g/mol. The number of hydrogen-bond acceptors (Lipinski definition) is 6. The van der Waals surface area contributed by atoms with Crippen molar-refractivity contribution < 1.29 is 4.90 Å². The second-order valence-electron chi connectivity index (χ2n) is 6.49. The topological polar surface area (TPSA) is 72.4 Å². The molecule has 1 atom stereocenters. The highest BCUT2D eigenvalue weighted by molar-refractivity contribution is 7.19. The first-order valence-corrected chi connectivity index (χ1v) is 9.73. The minimum Gasteiger partial charge on any atom is -0.369 e. The number of anilines is 1. The molecule has 7 nitrogen and oxygen atoms in total. The summed E-state index contributed by atoms with van der Waals surface area (Å²) in [4.78, 5) is 8.97. The van der Waals surface area contributed by atoms with Crippen molar-refractivity contribution in [3.8, 4) is 0 Å². The number of unbranched alkanes of at least 4 members (excludes halogenated alkanes) is 1. The van der Waals surface area contributed by atoms with Crippen LogP contribution in [-0.4, -0.2) is 44.7 Å². The Hall–Kier alpha value is -1.80. The quantitative estimate of drug-likeness (QED) is 0.658. The fourth-order valence-corrected chi connectivity index (χ4v) is 4.90. The number of quaternary nitrogens is 1. The van der Waals surface area contributed by atoms with Gasteiger partial charge in [0, 0.05) is 13.0 Å². The van der Waals surface area contributed by atoms with Crippen LogP contribution in [0.3, 0.4) is 0 Å². The molecule has 0 bridgehead atoms. The average Bonchev–Trinajstić information content (AvgIpc) is 3.18. The molecule has 0 aromatic carbocycles. The molecule has 8 heteroatoms. The maximum absolute atomic E-state index is 4.69. The van der Waals surface area contributed by atoms with E-state index in [0.717, 1.165) is 36.6 Å². The molecule has 1 unspecified atom stereocenters. The number of rotatable bonds is 6. The van der Waals surface area contributed by atoms with Crippen LogP contribution in [0.4, 0.5) is 5.82 Å². The molecular weight excluding hydrogens is 322 g/mol. The highest BCUT2D eigenvalue weighted by atomic mass is 32.1.